The monoisotopic (exact) mass is 259 g/mol. The average Bonchev–Trinajstić information content (AvgIpc) is 2.28. The molecule has 0 spiro atoms. The first-order chi connectivity index (χ1) is 7.98. The number of hydrogen-bond donors (Lipinski definition) is 0. The second kappa shape index (κ2) is 4.29. The first-order valence-corrected chi connectivity index (χ1v) is 4.88. The van der Waals surface area contributed by atoms with Crippen molar-refractivity contribution < 1.29 is 13.2 Å². The number of aromatic nitrogens is 3. The Morgan fingerprint density at radius 2 is 1.82 bits per heavy atom. The Hall–Kier alpha value is -1.69. The van der Waals surface area contributed by atoms with Gasteiger partial charge in [0.05, 0.1) is 17.5 Å². The molecule has 0 radical (unpaired) electrons. The lowest BCUT2D eigenvalue weighted by atomic mass is 10.0. The third kappa shape index (κ3) is 2.52. The SMILES string of the molecule is FC(F)(F)c1ccccc1-c1cnnc(Cl)n1. The highest BCUT2D eigenvalue weighted by molar-refractivity contribution is 6.28. The van der Waals surface area contributed by atoms with Crippen LogP contribution in [0, 0.1) is 0 Å². The van der Waals surface area contributed by atoms with Crippen molar-refractivity contribution in [2.75, 3.05) is 0 Å². The van der Waals surface area contributed by atoms with Gasteiger partial charge in [-0.3, -0.25) is 0 Å². The van der Waals surface area contributed by atoms with Gasteiger partial charge in [-0.25, -0.2) is 4.98 Å². The van der Waals surface area contributed by atoms with E-state index < -0.39 is 11.7 Å². The molecule has 1 heterocycles. The van der Waals surface area contributed by atoms with Crippen LogP contribution >= 0.6 is 11.6 Å². The van der Waals surface area contributed by atoms with Crippen molar-refractivity contribution in [1.29, 1.82) is 0 Å². The molecular formula is C10H5ClF3N3. The molecule has 7 heteroatoms. The first kappa shape index (κ1) is 11.8. The van der Waals surface area contributed by atoms with E-state index in [0.29, 0.717) is 0 Å². The van der Waals surface area contributed by atoms with Crippen LogP contribution in [0.25, 0.3) is 11.3 Å². The predicted molar refractivity (Wildman–Crippen MR) is 55.3 cm³/mol. The van der Waals surface area contributed by atoms with Gasteiger partial charge in [0.2, 0.25) is 5.28 Å². The van der Waals surface area contributed by atoms with Gasteiger partial charge in [0.1, 0.15) is 0 Å². The topological polar surface area (TPSA) is 38.7 Å². The second-order valence-electron chi connectivity index (χ2n) is 3.15. The van der Waals surface area contributed by atoms with Gasteiger partial charge in [-0.15, -0.1) is 5.10 Å². The lowest BCUT2D eigenvalue weighted by Gasteiger charge is -2.11. The van der Waals surface area contributed by atoms with Crippen molar-refractivity contribution in [1.82, 2.24) is 15.2 Å². The highest BCUT2D eigenvalue weighted by Crippen LogP contribution is 2.35. The smallest absolute Gasteiger partial charge is 0.215 e. The lowest BCUT2D eigenvalue weighted by molar-refractivity contribution is -0.137. The quantitative estimate of drug-likeness (QED) is 0.789. The fourth-order valence-corrected chi connectivity index (χ4v) is 1.50. The predicted octanol–water partition coefficient (Wildman–Crippen LogP) is 3.21. The van der Waals surface area contributed by atoms with Crippen molar-refractivity contribution in [3.8, 4) is 11.3 Å². The van der Waals surface area contributed by atoms with E-state index in [9.17, 15) is 13.2 Å². The van der Waals surface area contributed by atoms with Gasteiger partial charge in [-0.05, 0) is 17.7 Å². The molecule has 0 aliphatic carbocycles. The van der Waals surface area contributed by atoms with E-state index in [1.807, 2.05) is 0 Å². The van der Waals surface area contributed by atoms with Gasteiger partial charge in [0.25, 0.3) is 0 Å². The largest absolute Gasteiger partial charge is 0.417 e. The van der Waals surface area contributed by atoms with E-state index in [-0.39, 0.29) is 16.5 Å². The zero-order valence-electron chi connectivity index (χ0n) is 8.24. The van der Waals surface area contributed by atoms with Crippen molar-refractivity contribution in [2.24, 2.45) is 0 Å². The summed E-state index contributed by atoms with van der Waals surface area (Å²) in [6.45, 7) is 0. The Balaban J connectivity index is 2.60. The van der Waals surface area contributed by atoms with Crippen LogP contribution in [0.3, 0.4) is 0 Å². The molecule has 2 aromatic rings. The van der Waals surface area contributed by atoms with Crippen molar-refractivity contribution >= 4 is 11.6 Å². The standard InChI is InChI=1S/C10H5ClF3N3/c11-9-16-8(5-15-17-9)6-3-1-2-4-7(6)10(12,13)14/h1-5H. The molecule has 0 N–H and O–H groups in total. The normalized spacial score (nSPS) is 11.5. The molecule has 17 heavy (non-hydrogen) atoms. The van der Waals surface area contributed by atoms with E-state index in [1.54, 1.807) is 0 Å². The highest BCUT2D eigenvalue weighted by atomic mass is 35.5. The zero-order chi connectivity index (χ0) is 12.5. The highest BCUT2D eigenvalue weighted by Gasteiger charge is 2.33. The number of halogens is 4. The fraction of sp³-hybridized carbons (Fsp3) is 0.100. The van der Waals surface area contributed by atoms with Gasteiger partial charge in [-0.1, -0.05) is 18.2 Å². The minimum Gasteiger partial charge on any atom is -0.215 e. The summed E-state index contributed by atoms with van der Waals surface area (Å²) in [4.78, 5) is 3.71. The lowest BCUT2D eigenvalue weighted by Crippen LogP contribution is -2.07. The Bertz CT molecular complexity index is 542. The molecule has 1 aromatic carbocycles. The molecule has 0 aliphatic rings. The first-order valence-electron chi connectivity index (χ1n) is 4.50. The van der Waals surface area contributed by atoms with Crippen molar-refractivity contribution in [2.45, 2.75) is 6.18 Å². The van der Waals surface area contributed by atoms with Gasteiger partial charge >= 0.3 is 6.18 Å². The molecule has 0 atom stereocenters. The minimum absolute atomic E-state index is 0.0397. The maximum Gasteiger partial charge on any atom is 0.417 e. The number of nitrogens with zero attached hydrogens (tertiary/aromatic N) is 3. The summed E-state index contributed by atoms with van der Waals surface area (Å²) >= 11 is 5.50. The van der Waals surface area contributed by atoms with Crippen molar-refractivity contribution in [3.05, 3.63) is 41.3 Å². The van der Waals surface area contributed by atoms with Crippen LogP contribution in [0.2, 0.25) is 5.28 Å². The third-order valence-electron chi connectivity index (χ3n) is 2.04. The minimum atomic E-state index is -4.45. The summed E-state index contributed by atoms with van der Waals surface area (Å²) in [7, 11) is 0. The Kier molecular flexibility index (Phi) is 2.97. The molecule has 0 bridgehead atoms. The summed E-state index contributed by atoms with van der Waals surface area (Å²) in [6, 6.07) is 5.08. The average molecular weight is 260 g/mol. The summed E-state index contributed by atoms with van der Waals surface area (Å²) in [5.41, 5.74) is -0.814. The van der Waals surface area contributed by atoms with Crippen LogP contribution < -0.4 is 0 Å². The third-order valence-corrected chi connectivity index (χ3v) is 2.20. The van der Waals surface area contributed by atoms with Crippen LogP contribution in [0.5, 0.6) is 0 Å². The number of benzene rings is 1. The summed E-state index contributed by atoms with van der Waals surface area (Å²) < 4.78 is 38.2. The van der Waals surface area contributed by atoms with Crippen LogP contribution in [0.4, 0.5) is 13.2 Å². The molecule has 1 aromatic heterocycles. The maximum atomic E-state index is 12.7. The molecule has 88 valence electrons. The Morgan fingerprint density at radius 3 is 2.47 bits per heavy atom. The van der Waals surface area contributed by atoms with E-state index in [0.717, 1.165) is 12.3 Å². The van der Waals surface area contributed by atoms with Gasteiger partial charge in [-0.2, -0.15) is 18.3 Å². The van der Waals surface area contributed by atoms with E-state index in [1.165, 1.54) is 18.2 Å². The Morgan fingerprint density at radius 1 is 1.12 bits per heavy atom. The van der Waals surface area contributed by atoms with Crippen molar-refractivity contribution in [3.63, 3.8) is 0 Å². The Labute approximate surface area is 99.3 Å². The molecule has 0 saturated heterocycles. The summed E-state index contributed by atoms with van der Waals surface area (Å²) in [5, 5.41) is 6.66. The molecule has 0 fully saturated rings. The van der Waals surface area contributed by atoms with Gasteiger partial charge < -0.3 is 0 Å². The molecule has 0 saturated carbocycles. The van der Waals surface area contributed by atoms with E-state index in [2.05, 4.69) is 15.2 Å². The maximum absolute atomic E-state index is 12.7. The van der Waals surface area contributed by atoms with Crippen LogP contribution in [-0.4, -0.2) is 15.2 Å². The van der Waals surface area contributed by atoms with E-state index >= 15 is 0 Å². The molecule has 0 amide bonds. The van der Waals surface area contributed by atoms with Crippen LogP contribution in [0.15, 0.2) is 30.5 Å². The second-order valence-corrected chi connectivity index (χ2v) is 3.49. The van der Waals surface area contributed by atoms with E-state index in [4.69, 9.17) is 11.6 Å². The van der Waals surface area contributed by atoms with Crippen LogP contribution in [0.1, 0.15) is 5.56 Å². The van der Waals surface area contributed by atoms with Gasteiger partial charge in [0.15, 0.2) is 0 Å². The number of alkyl halides is 3. The number of rotatable bonds is 1. The molecular weight excluding hydrogens is 255 g/mol. The molecule has 3 nitrogen and oxygen atoms in total. The molecule has 0 unspecified atom stereocenters. The molecule has 0 aliphatic heterocycles. The summed E-state index contributed by atoms with van der Waals surface area (Å²) in [5.74, 6) is 0. The molecule has 2 rings (SSSR count). The van der Waals surface area contributed by atoms with Gasteiger partial charge in [0, 0.05) is 5.56 Å². The number of hydrogen-bond acceptors (Lipinski definition) is 3. The zero-order valence-corrected chi connectivity index (χ0v) is 9.00. The summed E-state index contributed by atoms with van der Waals surface area (Å²) in [6.07, 6.45) is -3.32. The van der Waals surface area contributed by atoms with Crippen LogP contribution in [-0.2, 0) is 6.18 Å². The fourth-order valence-electron chi connectivity index (χ4n) is 1.37.